The van der Waals surface area contributed by atoms with Gasteiger partial charge in [-0.05, 0) is 31.0 Å². The zero-order valence-corrected chi connectivity index (χ0v) is 12.9. The van der Waals surface area contributed by atoms with Gasteiger partial charge in [0.1, 0.15) is 5.52 Å². The van der Waals surface area contributed by atoms with E-state index in [-0.39, 0.29) is 13.0 Å². The summed E-state index contributed by atoms with van der Waals surface area (Å²) in [6.07, 6.45) is -3.90. The average molecular weight is 377 g/mol. The van der Waals surface area contributed by atoms with Crippen LogP contribution in [0.15, 0.2) is 22.7 Å². The number of fused-ring (bicyclic) bond motifs is 1. The fourth-order valence-corrected chi connectivity index (χ4v) is 2.94. The summed E-state index contributed by atoms with van der Waals surface area (Å²) in [4.78, 5) is 13.6. The summed E-state index contributed by atoms with van der Waals surface area (Å²) >= 11 is 3.29. The van der Waals surface area contributed by atoms with Crippen molar-refractivity contribution in [3.05, 3.63) is 22.7 Å². The molecule has 118 valence electrons. The number of carbonyl (C=O) groups excluding carboxylic acids is 1. The number of piperidine rings is 1. The van der Waals surface area contributed by atoms with Gasteiger partial charge in [-0.2, -0.15) is 17.9 Å². The molecule has 1 unspecified atom stereocenters. The van der Waals surface area contributed by atoms with E-state index in [0.29, 0.717) is 24.0 Å². The number of carbonyl (C=O) groups is 1. The van der Waals surface area contributed by atoms with Gasteiger partial charge >= 0.3 is 12.2 Å². The van der Waals surface area contributed by atoms with Crippen LogP contribution in [0.4, 0.5) is 18.0 Å². The lowest BCUT2D eigenvalue weighted by atomic mass is 9.98. The zero-order valence-electron chi connectivity index (χ0n) is 11.3. The Morgan fingerprint density at radius 3 is 2.86 bits per heavy atom. The van der Waals surface area contributed by atoms with Crippen molar-refractivity contribution in [2.75, 3.05) is 13.1 Å². The fraction of sp³-hybridized carbons (Fsp3) is 0.462. The third-order valence-corrected chi connectivity index (χ3v) is 4.24. The molecule has 1 aromatic heterocycles. The molecule has 1 aliphatic heterocycles. The summed E-state index contributed by atoms with van der Waals surface area (Å²) in [6, 6.07) is 4.51. The minimum atomic E-state index is -4.28. The molecule has 1 atom stereocenters. The predicted molar refractivity (Wildman–Crippen MR) is 76.4 cm³/mol. The Bertz CT molecular complexity index is 715. The molecule has 2 aromatic rings. The van der Waals surface area contributed by atoms with Crippen molar-refractivity contribution in [1.82, 2.24) is 19.9 Å². The minimum Gasteiger partial charge on any atom is -0.322 e. The molecule has 1 fully saturated rings. The van der Waals surface area contributed by atoms with Crippen molar-refractivity contribution in [2.45, 2.75) is 19.0 Å². The fourth-order valence-electron chi connectivity index (χ4n) is 2.59. The molecule has 0 saturated carbocycles. The van der Waals surface area contributed by atoms with Crippen LogP contribution in [0.2, 0.25) is 0 Å². The first kappa shape index (κ1) is 15.3. The van der Waals surface area contributed by atoms with Crippen molar-refractivity contribution >= 4 is 33.0 Å². The molecule has 2 heterocycles. The van der Waals surface area contributed by atoms with Crippen LogP contribution >= 0.6 is 15.9 Å². The Labute approximate surface area is 132 Å². The van der Waals surface area contributed by atoms with Gasteiger partial charge in [-0.3, -0.25) is 0 Å². The highest BCUT2D eigenvalue weighted by atomic mass is 79.9. The van der Waals surface area contributed by atoms with Gasteiger partial charge < -0.3 is 4.90 Å². The maximum atomic E-state index is 12.8. The van der Waals surface area contributed by atoms with Gasteiger partial charge in [0, 0.05) is 17.6 Å². The Morgan fingerprint density at radius 2 is 2.14 bits per heavy atom. The van der Waals surface area contributed by atoms with Gasteiger partial charge in [-0.15, -0.1) is 5.10 Å². The van der Waals surface area contributed by atoms with Gasteiger partial charge in [0.15, 0.2) is 0 Å². The predicted octanol–water partition coefficient (Wildman–Crippen LogP) is 3.44. The first-order valence-corrected chi connectivity index (χ1v) is 7.52. The van der Waals surface area contributed by atoms with Gasteiger partial charge in [0.25, 0.3) is 0 Å². The highest BCUT2D eigenvalue weighted by Gasteiger charge is 2.43. The molecule has 0 aliphatic carbocycles. The van der Waals surface area contributed by atoms with E-state index in [1.165, 1.54) is 4.90 Å². The van der Waals surface area contributed by atoms with Crippen molar-refractivity contribution in [2.24, 2.45) is 5.92 Å². The molecule has 0 radical (unpaired) electrons. The molecule has 1 amide bonds. The number of alkyl halides is 3. The van der Waals surface area contributed by atoms with Crippen LogP contribution in [0, 0.1) is 5.92 Å². The second kappa shape index (κ2) is 5.53. The van der Waals surface area contributed by atoms with Crippen molar-refractivity contribution in [3.8, 4) is 0 Å². The van der Waals surface area contributed by atoms with Crippen molar-refractivity contribution in [3.63, 3.8) is 0 Å². The van der Waals surface area contributed by atoms with Crippen LogP contribution in [0.25, 0.3) is 11.0 Å². The van der Waals surface area contributed by atoms with E-state index in [9.17, 15) is 18.0 Å². The molecule has 3 rings (SSSR count). The normalized spacial score (nSPS) is 19.6. The maximum absolute atomic E-state index is 12.8. The van der Waals surface area contributed by atoms with E-state index in [4.69, 9.17) is 0 Å². The summed E-state index contributed by atoms with van der Waals surface area (Å²) in [5.41, 5.74) is 0.981. The number of hydrogen-bond donors (Lipinski definition) is 0. The molecule has 1 aromatic carbocycles. The maximum Gasteiger partial charge on any atom is 0.393 e. The Hall–Kier alpha value is -1.64. The van der Waals surface area contributed by atoms with Crippen LogP contribution in [0.5, 0.6) is 0 Å². The van der Waals surface area contributed by atoms with E-state index in [1.807, 2.05) is 0 Å². The SMILES string of the molecule is O=C(N1CCCC(C(F)(F)F)C1)n1nnc2cc(Br)ccc21. The van der Waals surface area contributed by atoms with Gasteiger partial charge in [-0.1, -0.05) is 21.1 Å². The monoisotopic (exact) mass is 376 g/mol. The topological polar surface area (TPSA) is 51.0 Å². The van der Waals surface area contributed by atoms with Crippen molar-refractivity contribution < 1.29 is 18.0 Å². The highest BCUT2D eigenvalue weighted by Crippen LogP contribution is 2.33. The van der Waals surface area contributed by atoms with E-state index in [2.05, 4.69) is 26.2 Å². The van der Waals surface area contributed by atoms with E-state index >= 15 is 0 Å². The molecule has 0 spiro atoms. The third kappa shape index (κ3) is 2.81. The Morgan fingerprint density at radius 1 is 1.36 bits per heavy atom. The van der Waals surface area contributed by atoms with Gasteiger partial charge in [-0.25, -0.2) is 4.79 Å². The van der Waals surface area contributed by atoms with Crippen LogP contribution in [-0.4, -0.2) is 45.2 Å². The molecule has 0 bridgehead atoms. The lowest BCUT2D eigenvalue weighted by Crippen LogP contribution is -2.46. The number of hydrogen-bond acceptors (Lipinski definition) is 3. The number of nitrogens with zero attached hydrogens (tertiary/aromatic N) is 4. The summed E-state index contributed by atoms with van der Waals surface area (Å²) in [7, 11) is 0. The van der Waals surface area contributed by atoms with E-state index in [1.54, 1.807) is 18.2 Å². The molecule has 22 heavy (non-hydrogen) atoms. The quantitative estimate of drug-likeness (QED) is 0.707. The second-order valence-corrected chi connectivity index (χ2v) is 6.16. The highest BCUT2D eigenvalue weighted by molar-refractivity contribution is 9.10. The van der Waals surface area contributed by atoms with Crippen LogP contribution < -0.4 is 0 Å². The minimum absolute atomic E-state index is 0.0539. The molecular formula is C13H12BrF3N4O. The summed E-state index contributed by atoms with van der Waals surface area (Å²) < 4.78 is 40.4. The number of likely N-dealkylation sites (tertiary alicyclic amines) is 1. The van der Waals surface area contributed by atoms with Crippen LogP contribution in [-0.2, 0) is 0 Å². The first-order valence-electron chi connectivity index (χ1n) is 6.73. The standard InChI is InChI=1S/C13H12BrF3N4O/c14-9-3-4-11-10(6-9)18-19-21(11)12(22)20-5-1-2-8(7-20)13(15,16)17/h3-4,6,8H,1-2,5,7H2. The van der Waals surface area contributed by atoms with E-state index in [0.717, 1.165) is 9.15 Å². The average Bonchev–Trinajstić information content (AvgIpc) is 2.88. The lowest BCUT2D eigenvalue weighted by Gasteiger charge is -2.33. The number of halogens is 4. The number of aromatic nitrogens is 3. The second-order valence-electron chi connectivity index (χ2n) is 5.24. The lowest BCUT2D eigenvalue weighted by molar-refractivity contribution is -0.184. The van der Waals surface area contributed by atoms with Gasteiger partial charge in [0.05, 0.1) is 11.4 Å². The van der Waals surface area contributed by atoms with Gasteiger partial charge in [0.2, 0.25) is 0 Å². The molecular weight excluding hydrogens is 365 g/mol. The molecule has 1 saturated heterocycles. The van der Waals surface area contributed by atoms with Crippen LogP contribution in [0.3, 0.4) is 0 Å². The summed E-state index contributed by atoms with van der Waals surface area (Å²) in [5.74, 6) is -1.48. The summed E-state index contributed by atoms with van der Waals surface area (Å²) in [6.45, 7) is -0.0382. The largest absolute Gasteiger partial charge is 0.393 e. The smallest absolute Gasteiger partial charge is 0.322 e. The molecule has 9 heteroatoms. The number of benzene rings is 1. The molecule has 1 aliphatic rings. The molecule has 5 nitrogen and oxygen atoms in total. The summed E-state index contributed by atoms with van der Waals surface area (Å²) in [5, 5.41) is 7.65. The third-order valence-electron chi connectivity index (χ3n) is 3.74. The zero-order chi connectivity index (χ0) is 15.9. The van der Waals surface area contributed by atoms with Crippen LogP contribution in [0.1, 0.15) is 12.8 Å². The van der Waals surface area contributed by atoms with Crippen molar-refractivity contribution in [1.29, 1.82) is 0 Å². The number of rotatable bonds is 0. The number of amides is 1. The Kier molecular flexibility index (Phi) is 3.84. The van der Waals surface area contributed by atoms with E-state index < -0.39 is 18.1 Å². The molecule has 0 N–H and O–H groups in total. The Balaban J connectivity index is 1.86. The first-order chi connectivity index (χ1) is 10.4.